The monoisotopic (exact) mass is 254 g/mol. The normalized spacial score (nSPS) is 11.1. The second-order valence-electron chi connectivity index (χ2n) is 4.72. The molecule has 0 atom stereocenters. The molecule has 2 aromatic carbocycles. The van der Waals surface area contributed by atoms with Crippen LogP contribution in [0.15, 0.2) is 54.9 Å². The standard InChI is InChI=1S/C18H19F/c1-2-3-4-15-5-9-17(10-6-15)18-11-7-16(8-12-18)13-14-19/h5-14H,2-4H2,1H3/b14-13+. The molecule has 0 saturated heterocycles. The van der Waals surface area contributed by atoms with Crippen LogP contribution < -0.4 is 0 Å². The first-order chi connectivity index (χ1) is 9.33. The van der Waals surface area contributed by atoms with Crippen molar-refractivity contribution in [3.05, 3.63) is 66.0 Å². The van der Waals surface area contributed by atoms with Crippen LogP contribution in [0.25, 0.3) is 17.2 Å². The first-order valence-electron chi connectivity index (χ1n) is 6.79. The summed E-state index contributed by atoms with van der Waals surface area (Å²) in [5.41, 5.74) is 4.64. The Bertz CT molecular complexity index is 521. The highest BCUT2D eigenvalue weighted by molar-refractivity contribution is 5.65. The van der Waals surface area contributed by atoms with Gasteiger partial charge in [-0.15, -0.1) is 0 Å². The fourth-order valence-corrected chi connectivity index (χ4v) is 2.10. The largest absolute Gasteiger partial charge is 0.216 e. The minimum absolute atomic E-state index is 0.567. The fourth-order valence-electron chi connectivity index (χ4n) is 2.10. The molecule has 0 radical (unpaired) electrons. The Hall–Kier alpha value is -1.89. The molecule has 0 saturated carbocycles. The Kier molecular flexibility index (Phi) is 4.91. The Balaban J connectivity index is 2.12. The van der Waals surface area contributed by atoms with Crippen molar-refractivity contribution in [2.24, 2.45) is 0 Å². The molecule has 0 aliphatic rings. The molecule has 0 aliphatic carbocycles. The van der Waals surface area contributed by atoms with Crippen LogP contribution in [-0.2, 0) is 6.42 Å². The van der Waals surface area contributed by atoms with Crippen LogP contribution in [0.4, 0.5) is 4.39 Å². The Morgan fingerprint density at radius 2 is 1.47 bits per heavy atom. The average molecular weight is 254 g/mol. The van der Waals surface area contributed by atoms with Crippen LogP contribution in [0.2, 0.25) is 0 Å². The van der Waals surface area contributed by atoms with E-state index in [9.17, 15) is 4.39 Å². The zero-order chi connectivity index (χ0) is 13.5. The topological polar surface area (TPSA) is 0 Å². The summed E-state index contributed by atoms with van der Waals surface area (Å²) in [5, 5.41) is 0. The van der Waals surface area contributed by atoms with Gasteiger partial charge in [-0.1, -0.05) is 61.9 Å². The second-order valence-corrected chi connectivity index (χ2v) is 4.72. The van der Waals surface area contributed by atoms with Crippen molar-refractivity contribution in [3.63, 3.8) is 0 Å². The number of unbranched alkanes of at least 4 members (excludes halogenated alkanes) is 1. The molecule has 98 valence electrons. The van der Waals surface area contributed by atoms with E-state index in [1.165, 1.54) is 30.0 Å². The van der Waals surface area contributed by atoms with Crippen molar-refractivity contribution in [3.8, 4) is 11.1 Å². The van der Waals surface area contributed by atoms with Gasteiger partial charge in [0.05, 0.1) is 6.33 Å². The van der Waals surface area contributed by atoms with Gasteiger partial charge < -0.3 is 0 Å². The summed E-state index contributed by atoms with van der Waals surface area (Å²) >= 11 is 0. The van der Waals surface area contributed by atoms with Gasteiger partial charge >= 0.3 is 0 Å². The lowest BCUT2D eigenvalue weighted by Gasteiger charge is -2.05. The lowest BCUT2D eigenvalue weighted by atomic mass is 10.0. The van der Waals surface area contributed by atoms with E-state index in [1.807, 2.05) is 24.3 Å². The maximum absolute atomic E-state index is 12.1. The Morgan fingerprint density at radius 1 is 0.895 bits per heavy atom. The van der Waals surface area contributed by atoms with Crippen LogP contribution in [-0.4, -0.2) is 0 Å². The van der Waals surface area contributed by atoms with E-state index in [0.29, 0.717) is 6.33 Å². The van der Waals surface area contributed by atoms with E-state index in [-0.39, 0.29) is 0 Å². The van der Waals surface area contributed by atoms with E-state index in [0.717, 1.165) is 17.5 Å². The molecule has 0 amide bonds. The lowest BCUT2D eigenvalue weighted by molar-refractivity contribution is 0.727. The average Bonchev–Trinajstić information content (AvgIpc) is 2.47. The summed E-state index contributed by atoms with van der Waals surface area (Å²) < 4.78 is 12.1. The molecule has 1 heteroatoms. The zero-order valence-corrected chi connectivity index (χ0v) is 11.3. The van der Waals surface area contributed by atoms with Crippen molar-refractivity contribution < 1.29 is 4.39 Å². The molecule has 0 nitrogen and oxygen atoms in total. The first kappa shape index (κ1) is 13.5. The number of halogens is 1. The van der Waals surface area contributed by atoms with Gasteiger partial charge in [-0.25, -0.2) is 4.39 Å². The molecule has 2 rings (SSSR count). The fraction of sp³-hybridized carbons (Fsp3) is 0.222. The van der Waals surface area contributed by atoms with Gasteiger partial charge in [-0.3, -0.25) is 0 Å². The molecule has 2 aromatic rings. The van der Waals surface area contributed by atoms with Crippen molar-refractivity contribution in [1.82, 2.24) is 0 Å². The maximum atomic E-state index is 12.1. The van der Waals surface area contributed by atoms with Gasteiger partial charge in [0.15, 0.2) is 0 Å². The molecular formula is C18H19F. The molecule has 0 heterocycles. The summed E-state index contributed by atoms with van der Waals surface area (Å²) in [6, 6.07) is 16.6. The quantitative estimate of drug-likeness (QED) is 0.648. The molecule has 0 aromatic heterocycles. The number of rotatable bonds is 5. The second kappa shape index (κ2) is 6.89. The van der Waals surface area contributed by atoms with Crippen LogP contribution in [0.1, 0.15) is 30.9 Å². The third-order valence-corrected chi connectivity index (χ3v) is 3.27. The molecule has 0 aliphatic heterocycles. The Labute approximate surface area is 114 Å². The smallest absolute Gasteiger partial charge is 0.0872 e. The summed E-state index contributed by atoms with van der Waals surface area (Å²) in [6.45, 7) is 2.21. The predicted octanol–water partition coefficient (Wildman–Crippen LogP) is 5.64. The lowest BCUT2D eigenvalue weighted by Crippen LogP contribution is -1.85. The third-order valence-electron chi connectivity index (χ3n) is 3.27. The van der Waals surface area contributed by atoms with Crippen LogP contribution in [0, 0.1) is 0 Å². The number of aryl methyl sites for hydroxylation is 1. The third kappa shape index (κ3) is 3.78. The molecule has 0 bridgehead atoms. The van der Waals surface area contributed by atoms with Gasteiger partial charge in [0.2, 0.25) is 0 Å². The van der Waals surface area contributed by atoms with Gasteiger partial charge in [-0.2, -0.15) is 0 Å². The van der Waals surface area contributed by atoms with E-state index in [4.69, 9.17) is 0 Å². The highest BCUT2D eigenvalue weighted by atomic mass is 19.1. The van der Waals surface area contributed by atoms with Gasteiger partial charge in [0, 0.05) is 0 Å². The highest BCUT2D eigenvalue weighted by Crippen LogP contribution is 2.21. The van der Waals surface area contributed by atoms with Crippen molar-refractivity contribution in [2.45, 2.75) is 26.2 Å². The van der Waals surface area contributed by atoms with E-state index in [1.54, 1.807) is 0 Å². The van der Waals surface area contributed by atoms with Crippen molar-refractivity contribution in [1.29, 1.82) is 0 Å². The molecular weight excluding hydrogens is 235 g/mol. The van der Waals surface area contributed by atoms with E-state index in [2.05, 4.69) is 31.2 Å². The van der Waals surface area contributed by atoms with Crippen LogP contribution in [0.5, 0.6) is 0 Å². The first-order valence-corrected chi connectivity index (χ1v) is 6.79. The number of hydrogen-bond acceptors (Lipinski definition) is 0. The summed E-state index contributed by atoms with van der Waals surface area (Å²) in [6.07, 6.45) is 5.64. The Morgan fingerprint density at radius 3 is 2.00 bits per heavy atom. The maximum Gasteiger partial charge on any atom is 0.0872 e. The molecule has 19 heavy (non-hydrogen) atoms. The minimum Gasteiger partial charge on any atom is -0.216 e. The summed E-state index contributed by atoms with van der Waals surface area (Å²) in [4.78, 5) is 0. The number of benzene rings is 2. The molecule has 0 N–H and O–H groups in total. The minimum atomic E-state index is 0.567. The molecule has 0 unspecified atom stereocenters. The van der Waals surface area contributed by atoms with Crippen molar-refractivity contribution >= 4 is 6.08 Å². The number of hydrogen-bond donors (Lipinski definition) is 0. The predicted molar refractivity (Wildman–Crippen MR) is 80.6 cm³/mol. The zero-order valence-electron chi connectivity index (χ0n) is 11.3. The van der Waals surface area contributed by atoms with Crippen LogP contribution >= 0.6 is 0 Å². The summed E-state index contributed by atoms with van der Waals surface area (Å²) in [7, 11) is 0. The van der Waals surface area contributed by atoms with E-state index < -0.39 is 0 Å². The SMILES string of the molecule is CCCCc1ccc(-c2ccc(/C=C/F)cc2)cc1. The molecule has 0 fully saturated rings. The van der Waals surface area contributed by atoms with Crippen molar-refractivity contribution in [2.75, 3.05) is 0 Å². The van der Waals surface area contributed by atoms with Gasteiger partial charge in [0.1, 0.15) is 0 Å². The van der Waals surface area contributed by atoms with Crippen LogP contribution in [0.3, 0.4) is 0 Å². The highest BCUT2D eigenvalue weighted by Gasteiger charge is 1.98. The van der Waals surface area contributed by atoms with Gasteiger partial charge in [0.25, 0.3) is 0 Å². The summed E-state index contributed by atoms with van der Waals surface area (Å²) in [5.74, 6) is 0. The molecule has 0 spiro atoms. The van der Waals surface area contributed by atoms with E-state index >= 15 is 0 Å². The van der Waals surface area contributed by atoms with Gasteiger partial charge in [-0.05, 0) is 41.2 Å².